The Bertz CT molecular complexity index is 505. The van der Waals surface area contributed by atoms with Crippen molar-refractivity contribution in [2.24, 2.45) is 21.7 Å². The van der Waals surface area contributed by atoms with Gasteiger partial charge in [0, 0.05) is 10.8 Å². The van der Waals surface area contributed by atoms with Crippen LogP contribution in [0.3, 0.4) is 0 Å². The van der Waals surface area contributed by atoms with Crippen LogP contribution in [0.2, 0.25) is 0 Å². The third-order valence-electron chi connectivity index (χ3n) is 3.48. The molecule has 0 aliphatic rings. The quantitative estimate of drug-likeness (QED) is 0.329. The fourth-order valence-corrected chi connectivity index (χ4v) is 1.10. The molecule has 0 aromatic carbocycles. The van der Waals surface area contributed by atoms with Gasteiger partial charge in [-0.3, -0.25) is 9.59 Å². The number of carbonyl (C=O) groups excluding carboxylic acids is 2. The SMILES string of the molecule is CC(C)(C)C(=O)/C=C(/[O-])C(C)(C)C.CC(C)(C)C(=O)/C=C(/[O-])C(C)(C)C.[Ba+2]. The van der Waals surface area contributed by atoms with E-state index in [-0.39, 0.29) is 72.0 Å². The molecule has 0 bridgehead atoms. The topological polar surface area (TPSA) is 80.3 Å². The van der Waals surface area contributed by atoms with E-state index in [9.17, 15) is 19.8 Å². The molecule has 152 valence electrons. The van der Waals surface area contributed by atoms with Gasteiger partial charge in [0.05, 0.1) is 0 Å². The summed E-state index contributed by atoms with van der Waals surface area (Å²) >= 11 is 0. The molecular formula is C22H38BaO4. The number of ketones is 2. The zero-order valence-corrected chi connectivity index (χ0v) is 23.9. The van der Waals surface area contributed by atoms with Crippen molar-refractivity contribution in [3.8, 4) is 0 Å². The summed E-state index contributed by atoms with van der Waals surface area (Å²) in [6.07, 6.45) is 2.44. The minimum atomic E-state index is -0.457. The van der Waals surface area contributed by atoms with Crippen molar-refractivity contribution in [2.45, 2.75) is 83.1 Å². The van der Waals surface area contributed by atoms with Gasteiger partial charge in [0.2, 0.25) is 0 Å². The van der Waals surface area contributed by atoms with Crippen LogP contribution < -0.4 is 10.2 Å². The molecule has 0 atom stereocenters. The summed E-state index contributed by atoms with van der Waals surface area (Å²) in [5, 5.41) is 22.9. The number of rotatable bonds is 2. The molecular weight excluding hydrogens is 466 g/mol. The van der Waals surface area contributed by atoms with E-state index in [4.69, 9.17) is 0 Å². The van der Waals surface area contributed by atoms with Gasteiger partial charge in [-0.15, -0.1) is 11.5 Å². The van der Waals surface area contributed by atoms with E-state index >= 15 is 0 Å². The van der Waals surface area contributed by atoms with Crippen LogP contribution in [0, 0.1) is 21.7 Å². The van der Waals surface area contributed by atoms with E-state index < -0.39 is 21.7 Å². The monoisotopic (exact) mass is 504 g/mol. The zero-order valence-electron chi connectivity index (χ0n) is 19.5. The van der Waals surface area contributed by atoms with Crippen LogP contribution in [0.15, 0.2) is 23.7 Å². The largest absolute Gasteiger partial charge is 2.00 e. The number of carbonyl (C=O) groups is 2. The summed E-state index contributed by atoms with van der Waals surface area (Å²) < 4.78 is 0. The maximum atomic E-state index is 11.4. The van der Waals surface area contributed by atoms with Gasteiger partial charge >= 0.3 is 48.9 Å². The maximum Gasteiger partial charge on any atom is 2.00 e. The minimum Gasteiger partial charge on any atom is -0.875 e. The van der Waals surface area contributed by atoms with Crippen LogP contribution >= 0.6 is 0 Å². The Labute approximate surface area is 207 Å². The summed E-state index contributed by atoms with van der Waals surface area (Å²) in [5.74, 6) is -0.417. The van der Waals surface area contributed by atoms with Gasteiger partial charge in [-0.25, -0.2) is 0 Å². The van der Waals surface area contributed by atoms with Gasteiger partial charge in [0.1, 0.15) is 0 Å². The van der Waals surface area contributed by atoms with Crippen molar-refractivity contribution in [3.63, 3.8) is 0 Å². The molecule has 0 N–H and O–H groups in total. The van der Waals surface area contributed by atoms with Crippen LogP contribution in [-0.4, -0.2) is 60.4 Å². The molecule has 0 heterocycles. The predicted octanol–water partition coefficient (Wildman–Crippen LogP) is 3.40. The van der Waals surface area contributed by atoms with E-state index in [1.165, 1.54) is 12.2 Å². The van der Waals surface area contributed by atoms with E-state index in [0.717, 1.165) is 0 Å². The average molecular weight is 504 g/mol. The standard InChI is InChI=1S/2C11H20O2.Ba/c2*1-10(2,3)8(12)7-9(13)11(4,5)6;/h2*7,12H,1-6H3;/q;;+2/p-2/b2*8-7+;. The Balaban J connectivity index is -0.000000411. The van der Waals surface area contributed by atoms with Gasteiger partial charge < -0.3 is 10.2 Å². The third-order valence-corrected chi connectivity index (χ3v) is 3.48. The first-order chi connectivity index (χ1) is 11.1. The van der Waals surface area contributed by atoms with Gasteiger partial charge in [-0.05, 0) is 23.0 Å². The first kappa shape index (κ1) is 31.7. The Kier molecular flexibility index (Phi) is 13.2. The van der Waals surface area contributed by atoms with Crippen molar-refractivity contribution in [1.29, 1.82) is 0 Å². The Morgan fingerprint density at radius 2 is 0.704 bits per heavy atom. The Hall–Kier alpha value is -0.00857. The molecule has 27 heavy (non-hydrogen) atoms. The van der Waals surface area contributed by atoms with Crippen molar-refractivity contribution < 1.29 is 19.8 Å². The number of allylic oxidation sites excluding steroid dienone is 4. The molecule has 0 aromatic heterocycles. The van der Waals surface area contributed by atoms with Crippen molar-refractivity contribution in [1.82, 2.24) is 0 Å². The zero-order chi connectivity index (χ0) is 21.7. The molecule has 0 fully saturated rings. The molecule has 0 rings (SSSR count). The summed E-state index contributed by atoms with van der Waals surface area (Å²) in [5.41, 5.74) is -1.83. The van der Waals surface area contributed by atoms with Crippen LogP contribution in [0.4, 0.5) is 0 Å². The van der Waals surface area contributed by atoms with Crippen LogP contribution in [-0.2, 0) is 9.59 Å². The van der Waals surface area contributed by atoms with Crippen molar-refractivity contribution in [2.75, 3.05) is 0 Å². The fourth-order valence-electron chi connectivity index (χ4n) is 1.10. The van der Waals surface area contributed by atoms with Crippen LogP contribution in [0.1, 0.15) is 83.1 Å². The van der Waals surface area contributed by atoms with Crippen molar-refractivity contribution >= 4 is 60.4 Å². The average Bonchev–Trinajstić information content (AvgIpc) is 2.34. The minimum absolute atomic E-state index is 0. The molecule has 4 nitrogen and oxygen atoms in total. The molecule has 0 aliphatic carbocycles. The Morgan fingerprint density at radius 3 is 0.815 bits per heavy atom. The first-order valence-electron chi connectivity index (χ1n) is 8.97. The second-order valence-electron chi connectivity index (χ2n) is 10.7. The third kappa shape index (κ3) is 14.6. The van der Waals surface area contributed by atoms with E-state index in [1.807, 2.05) is 83.1 Å². The molecule has 0 saturated carbocycles. The Morgan fingerprint density at radius 1 is 0.519 bits per heavy atom. The molecule has 0 radical (unpaired) electrons. The summed E-state index contributed by atoms with van der Waals surface area (Å²) in [4.78, 5) is 22.9. The summed E-state index contributed by atoms with van der Waals surface area (Å²) in [7, 11) is 0. The maximum absolute atomic E-state index is 11.4. The summed E-state index contributed by atoms with van der Waals surface area (Å²) in [6, 6.07) is 0. The first-order valence-corrected chi connectivity index (χ1v) is 8.97. The van der Waals surface area contributed by atoms with Crippen LogP contribution in [0.25, 0.3) is 0 Å². The molecule has 0 aromatic rings. The molecule has 0 saturated heterocycles. The van der Waals surface area contributed by atoms with Gasteiger partial charge in [-0.2, -0.15) is 0 Å². The van der Waals surface area contributed by atoms with Gasteiger partial charge in [0.25, 0.3) is 0 Å². The molecule has 0 amide bonds. The van der Waals surface area contributed by atoms with Crippen LogP contribution in [0.5, 0.6) is 0 Å². The number of hydrogen-bond acceptors (Lipinski definition) is 4. The van der Waals surface area contributed by atoms with E-state index in [2.05, 4.69) is 0 Å². The van der Waals surface area contributed by atoms with Gasteiger partial charge in [0.15, 0.2) is 11.6 Å². The summed E-state index contributed by atoms with van der Waals surface area (Å²) in [6.45, 7) is 21.7. The molecule has 0 aliphatic heterocycles. The molecule has 0 unspecified atom stereocenters. The second-order valence-corrected chi connectivity index (χ2v) is 10.7. The second kappa shape index (κ2) is 11.2. The fraction of sp³-hybridized carbons (Fsp3) is 0.727. The normalized spacial score (nSPS) is 13.9. The van der Waals surface area contributed by atoms with E-state index in [0.29, 0.717) is 0 Å². The number of hydrogen-bond donors (Lipinski definition) is 0. The smallest absolute Gasteiger partial charge is 0.875 e. The predicted molar refractivity (Wildman–Crippen MR) is 110 cm³/mol. The van der Waals surface area contributed by atoms with Crippen molar-refractivity contribution in [3.05, 3.63) is 23.7 Å². The molecule has 5 heteroatoms. The van der Waals surface area contributed by atoms with E-state index in [1.54, 1.807) is 0 Å². The van der Waals surface area contributed by atoms with Gasteiger partial charge in [-0.1, -0.05) is 83.1 Å². The molecule has 0 spiro atoms.